The maximum atomic E-state index is 13.7. The fraction of sp³-hybridized carbons (Fsp3) is 0.294. The molecule has 0 amide bonds. The van der Waals surface area contributed by atoms with Gasteiger partial charge in [-0.25, -0.2) is 9.97 Å². The van der Waals surface area contributed by atoms with E-state index in [-0.39, 0.29) is 0 Å². The molecule has 0 radical (unpaired) electrons. The van der Waals surface area contributed by atoms with Crippen molar-refractivity contribution in [1.82, 2.24) is 19.9 Å². The van der Waals surface area contributed by atoms with Gasteiger partial charge in [0.25, 0.3) is 0 Å². The van der Waals surface area contributed by atoms with Gasteiger partial charge in [-0.3, -0.25) is 0 Å². The summed E-state index contributed by atoms with van der Waals surface area (Å²) in [5, 5.41) is 3.24. The molecule has 120 valence electrons. The van der Waals surface area contributed by atoms with Gasteiger partial charge in [-0.2, -0.15) is 4.39 Å². The van der Waals surface area contributed by atoms with E-state index in [4.69, 9.17) is 4.74 Å². The Balaban J connectivity index is 1.62. The first-order valence-corrected chi connectivity index (χ1v) is 7.50. The van der Waals surface area contributed by atoms with Crippen LogP contribution in [-0.2, 0) is 13.1 Å². The zero-order valence-electron chi connectivity index (χ0n) is 13.2. The summed E-state index contributed by atoms with van der Waals surface area (Å²) in [5.74, 6) is 1.06. The predicted molar refractivity (Wildman–Crippen MR) is 86.9 cm³/mol. The smallest absolute Gasteiger partial charge is 0.217 e. The van der Waals surface area contributed by atoms with Gasteiger partial charge in [-0.1, -0.05) is 12.1 Å². The van der Waals surface area contributed by atoms with Crippen LogP contribution in [0.2, 0.25) is 0 Å². The molecule has 0 saturated heterocycles. The number of pyridine rings is 1. The summed E-state index contributed by atoms with van der Waals surface area (Å²) in [5.41, 5.74) is 2.60. The average molecular weight is 314 g/mol. The fourth-order valence-corrected chi connectivity index (χ4v) is 2.60. The highest BCUT2D eigenvalue weighted by molar-refractivity contribution is 5.75. The molecule has 1 aromatic carbocycles. The molecule has 0 bridgehead atoms. The Labute approximate surface area is 134 Å². The maximum Gasteiger partial charge on any atom is 0.217 e. The van der Waals surface area contributed by atoms with Gasteiger partial charge in [0.15, 0.2) is 0 Å². The van der Waals surface area contributed by atoms with Gasteiger partial charge in [0.1, 0.15) is 11.6 Å². The Hall–Kier alpha value is -2.47. The van der Waals surface area contributed by atoms with Crippen molar-refractivity contribution in [1.29, 1.82) is 0 Å². The van der Waals surface area contributed by atoms with Crippen molar-refractivity contribution >= 4 is 11.0 Å². The Morgan fingerprint density at radius 1 is 1.30 bits per heavy atom. The topological polar surface area (TPSA) is 52.0 Å². The van der Waals surface area contributed by atoms with Crippen molar-refractivity contribution < 1.29 is 9.13 Å². The molecule has 3 rings (SSSR count). The van der Waals surface area contributed by atoms with Gasteiger partial charge >= 0.3 is 0 Å². The summed E-state index contributed by atoms with van der Waals surface area (Å²) in [6.45, 7) is 3.87. The van der Waals surface area contributed by atoms with Crippen LogP contribution in [0.3, 0.4) is 0 Å². The van der Waals surface area contributed by atoms with Crippen molar-refractivity contribution in [2.45, 2.75) is 20.0 Å². The third-order valence-corrected chi connectivity index (χ3v) is 3.80. The number of hydrogen-bond donors (Lipinski definition) is 1. The lowest BCUT2D eigenvalue weighted by atomic mass is 10.2. The van der Waals surface area contributed by atoms with Crippen molar-refractivity contribution in [3.63, 3.8) is 0 Å². The quantitative estimate of drug-likeness (QED) is 0.561. The minimum absolute atomic E-state index is 0.404. The molecule has 0 atom stereocenters. The fourth-order valence-electron chi connectivity index (χ4n) is 2.60. The second kappa shape index (κ2) is 6.75. The number of nitrogens with one attached hydrogen (secondary N) is 1. The van der Waals surface area contributed by atoms with E-state index < -0.39 is 5.95 Å². The average Bonchev–Trinajstić information content (AvgIpc) is 2.88. The number of ether oxygens (including phenoxy) is 1. The number of nitrogens with zero attached hydrogens (tertiary/aromatic N) is 3. The summed E-state index contributed by atoms with van der Waals surface area (Å²) < 4.78 is 20.9. The first-order valence-electron chi connectivity index (χ1n) is 7.50. The van der Waals surface area contributed by atoms with E-state index in [1.54, 1.807) is 13.2 Å². The third kappa shape index (κ3) is 3.32. The van der Waals surface area contributed by atoms with Gasteiger partial charge < -0.3 is 14.6 Å². The van der Waals surface area contributed by atoms with Gasteiger partial charge in [0.2, 0.25) is 5.95 Å². The lowest BCUT2D eigenvalue weighted by Crippen LogP contribution is -2.21. The number of rotatable bonds is 6. The molecule has 0 saturated carbocycles. The number of methoxy groups -OCH3 is 1. The molecule has 0 fully saturated rings. The molecule has 2 aromatic heterocycles. The summed E-state index contributed by atoms with van der Waals surface area (Å²) in [4.78, 5) is 8.22. The Kier molecular flexibility index (Phi) is 4.52. The highest BCUT2D eigenvalue weighted by Gasteiger charge is 2.07. The first-order chi connectivity index (χ1) is 11.2. The van der Waals surface area contributed by atoms with Gasteiger partial charge in [-0.15, -0.1) is 0 Å². The SMILES string of the molecule is COc1cnc(F)c(CNCCn2c(C)nc3ccccc32)c1. The number of imidazole rings is 1. The van der Waals surface area contributed by atoms with Crippen LogP contribution in [0.5, 0.6) is 5.75 Å². The third-order valence-electron chi connectivity index (χ3n) is 3.80. The van der Waals surface area contributed by atoms with Crippen molar-refractivity contribution in [3.8, 4) is 5.75 Å². The van der Waals surface area contributed by atoms with Crippen LogP contribution in [0.25, 0.3) is 11.0 Å². The van der Waals surface area contributed by atoms with Crippen LogP contribution < -0.4 is 10.1 Å². The van der Waals surface area contributed by atoms with Crippen LogP contribution in [0, 0.1) is 12.9 Å². The van der Waals surface area contributed by atoms with Crippen molar-refractivity contribution in [2.75, 3.05) is 13.7 Å². The van der Waals surface area contributed by atoms with Gasteiger partial charge in [0.05, 0.1) is 24.3 Å². The van der Waals surface area contributed by atoms with Crippen molar-refractivity contribution in [3.05, 3.63) is 53.9 Å². The molecule has 5 nitrogen and oxygen atoms in total. The maximum absolute atomic E-state index is 13.7. The largest absolute Gasteiger partial charge is 0.495 e. The van der Waals surface area contributed by atoms with E-state index in [0.29, 0.717) is 24.4 Å². The highest BCUT2D eigenvalue weighted by Crippen LogP contribution is 2.15. The number of hydrogen-bond acceptors (Lipinski definition) is 4. The van der Waals surface area contributed by atoms with Crippen LogP contribution in [-0.4, -0.2) is 28.2 Å². The van der Waals surface area contributed by atoms with E-state index in [9.17, 15) is 4.39 Å². The van der Waals surface area contributed by atoms with Gasteiger partial charge in [-0.05, 0) is 25.1 Å². The molecular formula is C17H19FN4O. The Morgan fingerprint density at radius 2 is 2.13 bits per heavy atom. The van der Waals surface area contributed by atoms with Crippen LogP contribution >= 0.6 is 0 Å². The normalized spacial score (nSPS) is 11.1. The molecule has 1 N–H and O–H groups in total. The van der Waals surface area contributed by atoms with Crippen molar-refractivity contribution in [2.24, 2.45) is 0 Å². The number of aryl methyl sites for hydroxylation is 1. The Bertz CT molecular complexity index is 815. The summed E-state index contributed by atoms with van der Waals surface area (Å²) in [6, 6.07) is 9.71. The number of halogens is 1. The van der Waals surface area contributed by atoms with E-state index >= 15 is 0 Å². The number of benzene rings is 1. The van der Waals surface area contributed by atoms with E-state index in [2.05, 4.69) is 25.9 Å². The molecule has 3 aromatic rings. The monoisotopic (exact) mass is 314 g/mol. The van der Waals surface area contributed by atoms with E-state index in [1.807, 2.05) is 25.1 Å². The standard InChI is InChI=1S/C17H19FN4O/c1-12-21-15-5-3-4-6-16(15)22(12)8-7-19-10-13-9-14(23-2)11-20-17(13)18/h3-6,9,11,19H,7-8,10H2,1-2H3. The highest BCUT2D eigenvalue weighted by atomic mass is 19.1. The van der Waals surface area contributed by atoms with E-state index in [1.165, 1.54) is 6.20 Å². The number of fused-ring (bicyclic) bond motifs is 1. The second-order valence-corrected chi connectivity index (χ2v) is 5.30. The number of para-hydroxylation sites is 2. The zero-order chi connectivity index (χ0) is 16.2. The molecule has 0 aliphatic heterocycles. The molecule has 2 heterocycles. The molecular weight excluding hydrogens is 295 g/mol. The zero-order valence-corrected chi connectivity index (χ0v) is 13.2. The molecule has 0 aliphatic carbocycles. The lowest BCUT2D eigenvalue weighted by Gasteiger charge is -2.09. The first kappa shape index (κ1) is 15.4. The molecule has 6 heteroatoms. The van der Waals surface area contributed by atoms with Crippen LogP contribution in [0.1, 0.15) is 11.4 Å². The minimum atomic E-state index is -0.470. The van der Waals surface area contributed by atoms with E-state index in [0.717, 1.165) is 23.4 Å². The van der Waals surface area contributed by atoms with Crippen LogP contribution in [0.4, 0.5) is 4.39 Å². The number of aromatic nitrogens is 3. The predicted octanol–water partition coefficient (Wildman–Crippen LogP) is 2.68. The summed E-state index contributed by atoms with van der Waals surface area (Å²) >= 11 is 0. The lowest BCUT2D eigenvalue weighted by molar-refractivity contribution is 0.408. The second-order valence-electron chi connectivity index (χ2n) is 5.30. The molecule has 23 heavy (non-hydrogen) atoms. The summed E-state index contributed by atoms with van der Waals surface area (Å²) in [6.07, 6.45) is 1.37. The molecule has 0 unspecified atom stereocenters. The Morgan fingerprint density at radius 3 is 2.96 bits per heavy atom. The molecule has 0 aliphatic rings. The molecule has 0 spiro atoms. The summed E-state index contributed by atoms with van der Waals surface area (Å²) in [7, 11) is 1.54. The minimum Gasteiger partial charge on any atom is -0.495 e. The van der Waals surface area contributed by atoms with Gasteiger partial charge in [0, 0.05) is 25.2 Å². The van der Waals surface area contributed by atoms with Crippen LogP contribution in [0.15, 0.2) is 36.5 Å².